The maximum absolute atomic E-state index is 2.48. The van der Waals surface area contributed by atoms with Crippen LogP contribution in [-0.4, -0.2) is 0 Å². The first kappa shape index (κ1) is 14.6. The molecule has 0 heterocycles. The SMILES string of the molecule is C/C=C(\CC/C(C)=C(\C)CC)CC1CC2C=CC1C2. The van der Waals surface area contributed by atoms with Crippen LogP contribution in [0, 0.1) is 17.8 Å². The Morgan fingerprint density at radius 3 is 2.42 bits per heavy atom. The predicted octanol–water partition coefficient (Wildman–Crippen LogP) is 6.06. The molecule has 0 aromatic carbocycles. The number of hydrogen-bond acceptors (Lipinski definition) is 0. The van der Waals surface area contributed by atoms with E-state index in [2.05, 4.69) is 45.9 Å². The van der Waals surface area contributed by atoms with Crippen LogP contribution in [0.2, 0.25) is 0 Å². The summed E-state index contributed by atoms with van der Waals surface area (Å²) in [6, 6.07) is 0. The largest absolute Gasteiger partial charge is 0.0884 e. The summed E-state index contributed by atoms with van der Waals surface area (Å²) in [6.07, 6.45) is 15.3. The first-order valence-corrected chi connectivity index (χ1v) is 8.11. The Bertz CT molecular complexity index is 394. The Morgan fingerprint density at radius 2 is 1.89 bits per heavy atom. The van der Waals surface area contributed by atoms with Gasteiger partial charge in [0.25, 0.3) is 0 Å². The lowest BCUT2D eigenvalue weighted by molar-refractivity contribution is 0.438. The second-order valence-corrected chi connectivity index (χ2v) is 6.61. The lowest BCUT2D eigenvalue weighted by atomic mass is 9.85. The molecule has 2 aliphatic carbocycles. The Balaban J connectivity index is 1.83. The monoisotopic (exact) mass is 258 g/mol. The van der Waals surface area contributed by atoms with Gasteiger partial charge < -0.3 is 0 Å². The highest BCUT2D eigenvalue weighted by molar-refractivity contribution is 5.16. The summed E-state index contributed by atoms with van der Waals surface area (Å²) in [4.78, 5) is 0. The van der Waals surface area contributed by atoms with E-state index in [0.717, 1.165) is 17.8 Å². The Hall–Kier alpha value is -0.780. The molecule has 0 heteroatoms. The van der Waals surface area contributed by atoms with Crippen LogP contribution in [0.5, 0.6) is 0 Å². The molecule has 3 unspecified atom stereocenters. The Kier molecular flexibility index (Phi) is 5.07. The first-order chi connectivity index (χ1) is 9.13. The van der Waals surface area contributed by atoms with E-state index in [0.29, 0.717) is 0 Å². The summed E-state index contributed by atoms with van der Waals surface area (Å²) in [5.74, 6) is 2.75. The molecule has 1 saturated carbocycles. The van der Waals surface area contributed by atoms with Crippen molar-refractivity contribution in [3.63, 3.8) is 0 Å². The third-order valence-electron chi connectivity index (χ3n) is 5.43. The Morgan fingerprint density at radius 1 is 1.11 bits per heavy atom. The maximum Gasteiger partial charge on any atom is -0.0196 e. The third kappa shape index (κ3) is 3.61. The minimum absolute atomic E-state index is 0.897. The quantitative estimate of drug-likeness (QED) is 0.508. The van der Waals surface area contributed by atoms with Gasteiger partial charge in [0, 0.05) is 0 Å². The van der Waals surface area contributed by atoms with E-state index in [9.17, 15) is 0 Å². The van der Waals surface area contributed by atoms with Crippen LogP contribution in [0.25, 0.3) is 0 Å². The normalized spacial score (nSPS) is 30.9. The molecule has 0 aliphatic heterocycles. The van der Waals surface area contributed by atoms with Crippen LogP contribution in [0.4, 0.5) is 0 Å². The van der Waals surface area contributed by atoms with Gasteiger partial charge in [-0.05, 0) is 77.0 Å². The first-order valence-electron chi connectivity index (χ1n) is 8.11. The molecule has 0 spiro atoms. The summed E-state index contributed by atoms with van der Waals surface area (Å²) in [5.41, 5.74) is 4.88. The number of fused-ring (bicyclic) bond motifs is 2. The molecule has 0 aromatic heterocycles. The fourth-order valence-corrected chi connectivity index (χ4v) is 3.69. The zero-order valence-electron chi connectivity index (χ0n) is 13.2. The van der Waals surface area contributed by atoms with E-state index >= 15 is 0 Å². The van der Waals surface area contributed by atoms with Crippen molar-refractivity contribution in [2.45, 2.75) is 66.2 Å². The van der Waals surface area contributed by atoms with Crippen LogP contribution in [0.1, 0.15) is 66.2 Å². The van der Waals surface area contributed by atoms with E-state index < -0.39 is 0 Å². The molecule has 0 N–H and O–H groups in total. The van der Waals surface area contributed by atoms with E-state index in [1.165, 1.54) is 38.5 Å². The lowest BCUT2D eigenvalue weighted by Crippen LogP contribution is -2.08. The van der Waals surface area contributed by atoms with Gasteiger partial charge in [0.05, 0.1) is 0 Å². The average molecular weight is 258 g/mol. The molecule has 0 radical (unpaired) electrons. The van der Waals surface area contributed by atoms with Crippen molar-refractivity contribution in [3.05, 3.63) is 34.9 Å². The molecule has 0 amide bonds. The summed E-state index contributed by atoms with van der Waals surface area (Å²) in [5, 5.41) is 0. The van der Waals surface area contributed by atoms with Gasteiger partial charge in [0.2, 0.25) is 0 Å². The van der Waals surface area contributed by atoms with Gasteiger partial charge in [-0.25, -0.2) is 0 Å². The van der Waals surface area contributed by atoms with E-state index in [4.69, 9.17) is 0 Å². The molecule has 2 bridgehead atoms. The van der Waals surface area contributed by atoms with E-state index in [1.54, 1.807) is 16.7 Å². The fraction of sp³-hybridized carbons (Fsp3) is 0.684. The van der Waals surface area contributed by atoms with Crippen LogP contribution in [0.3, 0.4) is 0 Å². The molecule has 1 fully saturated rings. The van der Waals surface area contributed by atoms with Gasteiger partial charge in [-0.2, -0.15) is 0 Å². The Labute approximate surface area is 119 Å². The van der Waals surface area contributed by atoms with Crippen molar-refractivity contribution in [2.75, 3.05) is 0 Å². The summed E-state index contributed by atoms with van der Waals surface area (Å²) in [6.45, 7) is 9.08. The number of hydrogen-bond donors (Lipinski definition) is 0. The van der Waals surface area contributed by atoms with Crippen molar-refractivity contribution in [3.8, 4) is 0 Å². The van der Waals surface area contributed by atoms with Crippen LogP contribution < -0.4 is 0 Å². The molecule has 0 saturated heterocycles. The zero-order valence-corrected chi connectivity index (χ0v) is 13.2. The second kappa shape index (κ2) is 6.59. The molecule has 106 valence electrons. The van der Waals surface area contributed by atoms with Crippen molar-refractivity contribution in [1.82, 2.24) is 0 Å². The third-order valence-corrected chi connectivity index (χ3v) is 5.43. The van der Waals surface area contributed by atoms with Gasteiger partial charge in [-0.1, -0.05) is 41.9 Å². The van der Waals surface area contributed by atoms with Gasteiger partial charge in [-0.3, -0.25) is 0 Å². The minimum atomic E-state index is 0.897. The average Bonchev–Trinajstić information content (AvgIpc) is 3.04. The molecule has 2 rings (SSSR count). The smallest absolute Gasteiger partial charge is 0.0196 e. The van der Waals surface area contributed by atoms with Crippen molar-refractivity contribution >= 4 is 0 Å². The highest BCUT2D eigenvalue weighted by atomic mass is 14.4. The van der Waals surface area contributed by atoms with E-state index in [-0.39, 0.29) is 0 Å². The van der Waals surface area contributed by atoms with Crippen LogP contribution in [0.15, 0.2) is 34.9 Å². The molecule has 0 nitrogen and oxygen atoms in total. The second-order valence-electron chi connectivity index (χ2n) is 6.61. The van der Waals surface area contributed by atoms with Gasteiger partial charge in [0.15, 0.2) is 0 Å². The van der Waals surface area contributed by atoms with Crippen molar-refractivity contribution in [2.24, 2.45) is 17.8 Å². The minimum Gasteiger partial charge on any atom is -0.0884 e. The highest BCUT2D eigenvalue weighted by Gasteiger charge is 2.35. The summed E-state index contributed by atoms with van der Waals surface area (Å²) < 4.78 is 0. The molecular weight excluding hydrogens is 228 g/mol. The van der Waals surface area contributed by atoms with Crippen LogP contribution in [-0.2, 0) is 0 Å². The molecule has 2 aliphatic rings. The van der Waals surface area contributed by atoms with Gasteiger partial charge in [-0.15, -0.1) is 0 Å². The highest BCUT2D eigenvalue weighted by Crippen LogP contribution is 2.46. The topological polar surface area (TPSA) is 0 Å². The standard InChI is InChI=1S/C19H30/c1-5-14(3)15(4)7-8-16(6-2)11-19-13-17-9-10-18(19)12-17/h6,9-10,17-19H,5,7-8,11-13H2,1-4H3/b15-14+,16-6+. The molecule has 19 heavy (non-hydrogen) atoms. The van der Waals surface area contributed by atoms with Crippen LogP contribution >= 0.6 is 0 Å². The molecule has 0 aromatic rings. The van der Waals surface area contributed by atoms with E-state index in [1.807, 2.05) is 0 Å². The van der Waals surface area contributed by atoms with Crippen molar-refractivity contribution in [1.29, 1.82) is 0 Å². The fourth-order valence-electron chi connectivity index (χ4n) is 3.69. The number of allylic oxidation sites excluding steroid dienone is 6. The van der Waals surface area contributed by atoms with Gasteiger partial charge in [0.1, 0.15) is 0 Å². The predicted molar refractivity (Wildman–Crippen MR) is 85.1 cm³/mol. The summed E-state index contributed by atoms with van der Waals surface area (Å²) in [7, 11) is 0. The summed E-state index contributed by atoms with van der Waals surface area (Å²) >= 11 is 0. The molecule has 3 atom stereocenters. The number of rotatable bonds is 6. The lowest BCUT2D eigenvalue weighted by Gasteiger charge is -2.20. The maximum atomic E-state index is 2.48. The zero-order chi connectivity index (χ0) is 13.8. The molecular formula is C19H30. The van der Waals surface area contributed by atoms with Crippen molar-refractivity contribution < 1.29 is 0 Å². The van der Waals surface area contributed by atoms with Gasteiger partial charge >= 0.3 is 0 Å².